The van der Waals surface area contributed by atoms with E-state index < -0.39 is 0 Å². The van der Waals surface area contributed by atoms with Gasteiger partial charge in [-0.3, -0.25) is 15.6 Å². The number of amides is 1. The summed E-state index contributed by atoms with van der Waals surface area (Å²) in [5.74, 6) is -0.128. The highest BCUT2D eigenvalue weighted by molar-refractivity contribution is 9.10. The molecule has 0 saturated carbocycles. The van der Waals surface area contributed by atoms with E-state index in [1.807, 2.05) is 6.07 Å². The number of hydrogen-bond donors (Lipinski definition) is 3. The summed E-state index contributed by atoms with van der Waals surface area (Å²) < 4.78 is 0.758. The third-order valence-corrected chi connectivity index (χ3v) is 5.76. The van der Waals surface area contributed by atoms with Crippen molar-refractivity contribution in [3.63, 3.8) is 0 Å². The Morgan fingerprint density at radius 2 is 1.93 bits per heavy atom. The predicted molar refractivity (Wildman–Crippen MR) is 115 cm³/mol. The third kappa shape index (κ3) is 5.56. The number of phenols is 1. The van der Waals surface area contributed by atoms with E-state index in [9.17, 15) is 9.90 Å². The van der Waals surface area contributed by atoms with Gasteiger partial charge in [-0.25, -0.2) is 0 Å². The van der Waals surface area contributed by atoms with Crippen LogP contribution in [0.15, 0.2) is 53.0 Å². The Morgan fingerprint density at radius 3 is 2.68 bits per heavy atom. The molecule has 2 aromatic rings. The molecule has 3 rings (SSSR count). The van der Waals surface area contributed by atoms with Gasteiger partial charge >= 0.3 is 0 Å². The second-order valence-electron chi connectivity index (χ2n) is 7.42. The second kappa shape index (κ2) is 10.0. The van der Waals surface area contributed by atoms with E-state index >= 15 is 0 Å². The number of phenolic OH excluding ortho intramolecular Hbond substituents is 1. The molecule has 1 saturated heterocycles. The third-order valence-electron chi connectivity index (χ3n) is 5.27. The van der Waals surface area contributed by atoms with Crippen molar-refractivity contribution in [2.45, 2.75) is 44.2 Å². The maximum Gasteiger partial charge on any atom is 0.257 e. The second-order valence-corrected chi connectivity index (χ2v) is 8.34. The topological polar surface area (TPSA) is 64.6 Å². The fourth-order valence-corrected chi connectivity index (χ4v) is 3.97. The van der Waals surface area contributed by atoms with Crippen LogP contribution in [0.5, 0.6) is 5.75 Å². The first-order chi connectivity index (χ1) is 13.5. The van der Waals surface area contributed by atoms with Crippen LogP contribution in [-0.2, 0) is 0 Å². The summed E-state index contributed by atoms with van der Waals surface area (Å²) in [6, 6.07) is 16.4. The van der Waals surface area contributed by atoms with Crippen LogP contribution in [0.25, 0.3) is 0 Å². The number of aromatic hydroxyl groups is 1. The molecule has 0 bridgehead atoms. The van der Waals surface area contributed by atoms with Gasteiger partial charge in [0.1, 0.15) is 5.75 Å². The fourth-order valence-electron chi connectivity index (χ4n) is 3.62. The minimum Gasteiger partial charge on any atom is -0.507 e. The molecule has 0 radical (unpaired) electrons. The molecule has 1 aliphatic heterocycles. The van der Waals surface area contributed by atoms with E-state index in [1.54, 1.807) is 30.1 Å². The molecule has 1 heterocycles. The molecule has 2 aromatic carbocycles. The normalized spacial score (nSPS) is 18.9. The van der Waals surface area contributed by atoms with E-state index in [2.05, 4.69) is 51.0 Å². The van der Waals surface area contributed by atoms with Gasteiger partial charge in [-0.1, -0.05) is 59.1 Å². The van der Waals surface area contributed by atoms with Crippen molar-refractivity contribution in [2.24, 2.45) is 0 Å². The van der Waals surface area contributed by atoms with Gasteiger partial charge in [-0.05, 0) is 43.0 Å². The summed E-state index contributed by atoms with van der Waals surface area (Å²) in [6.45, 7) is 0.692. The van der Waals surface area contributed by atoms with E-state index in [4.69, 9.17) is 0 Å². The highest BCUT2D eigenvalue weighted by Gasteiger charge is 2.24. The lowest BCUT2D eigenvalue weighted by Crippen LogP contribution is -2.30. The summed E-state index contributed by atoms with van der Waals surface area (Å²) in [4.78, 5) is 14.1. The van der Waals surface area contributed by atoms with Gasteiger partial charge in [0.25, 0.3) is 5.91 Å². The Labute approximate surface area is 175 Å². The first-order valence-electron chi connectivity index (χ1n) is 9.84. The van der Waals surface area contributed by atoms with Crippen LogP contribution in [0, 0.1) is 0 Å². The van der Waals surface area contributed by atoms with Gasteiger partial charge in [0, 0.05) is 30.1 Å². The van der Waals surface area contributed by atoms with Gasteiger partial charge in [-0.2, -0.15) is 0 Å². The number of nitrogens with one attached hydrogen (secondary N) is 2. The van der Waals surface area contributed by atoms with Gasteiger partial charge < -0.3 is 10.0 Å². The first-order valence-corrected chi connectivity index (χ1v) is 10.6. The van der Waals surface area contributed by atoms with Crippen molar-refractivity contribution in [3.05, 3.63) is 64.1 Å². The molecule has 5 nitrogen and oxygen atoms in total. The van der Waals surface area contributed by atoms with Crippen LogP contribution in [0.4, 0.5) is 0 Å². The van der Waals surface area contributed by atoms with Crippen molar-refractivity contribution in [1.82, 2.24) is 15.8 Å². The zero-order valence-corrected chi connectivity index (χ0v) is 17.8. The molecule has 0 aromatic heterocycles. The number of nitrogens with zero attached hydrogens (tertiary/aromatic N) is 1. The van der Waals surface area contributed by atoms with Crippen LogP contribution in [0.3, 0.4) is 0 Å². The molecule has 0 spiro atoms. The Balaban J connectivity index is 1.34. The van der Waals surface area contributed by atoms with Crippen molar-refractivity contribution >= 4 is 21.8 Å². The molecule has 3 N–H and O–H groups in total. The minimum atomic E-state index is -0.141. The largest absolute Gasteiger partial charge is 0.507 e. The summed E-state index contributed by atoms with van der Waals surface area (Å²) in [5.41, 5.74) is 8.48. The molecular formula is C22H28BrN3O2. The van der Waals surface area contributed by atoms with E-state index in [0.717, 1.165) is 36.6 Å². The number of benzene rings is 2. The Hall–Kier alpha value is -1.89. The first kappa shape index (κ1) is 20.8. The standard InChI is InChI=1S/C22H28BrN3O2/c1-26(22(28)19-12-11-17(23)14-21(19)27)13-7-3-6-10-18-15-20(25-24-18)16-8-4-2-5-9-16/h2,4-5,8-9,11-12,14,18,20,24-25,27H,3,6-7,10,13,15H2,1H3. The highest BCUT2D eigenvalue weighted by atomic mass is 79.9. The van der Waals surface area contributed by atoms with Crippen LogP contribution in [0.1, 0.15) is 54.1 Å². The summed E-state index contributed by atoms with van der Waals surface area (Å²) in [6.07, 6.45) is 5.40. The summed E-state index contributed by atoms with van der Waals surface area (Å²) >= 11 is 3.29. The van der Waals surface area contributed by atoms with Crippen molar-refractivity contribution < 1.29 is 9.90 Å². The maximum atomic E-state index is 12.5. The molecule has 2 atom stereocenters. The molecule has 6 heteroatoms. The molecular weight excluding hydrogens is 418 g/mol. The molecule has 28 heavy (non-hydrogen) atoms. The number of hydrogen-bond acceptors (Lipinski definition) is 4. The summed E-state index contributed by atoms with van der Waals surface area (Å²) in [5, 5.41) is 9.95. The molecule has 1 amide bonds. The highest BCUT2D eigenvalue weighted by Crippen LogP contribution is 2.25. The number of rotatable bonds is 8. The van der Waals surface area contributed by atoms with E-state index in [-0.39, 0.29) is 11.7 Å². The van der Waals surface area contributed by atoms with Crippen LogP contribution in [0.2, 0.25) is 0 Å². The van der Waals surface area contributed by atoms with Crippen LogP contribution < -0.4 is 10.9 Å². The number of hydrazine groups is 1. The van der Waals surface area contributed by atoms with Crippen molar-refractivity contribution in [1.29, 1.82) is 0 Å². The number of carbonyl (C=O) groups excluding carboxylic acids is 1. The maximum absolute atomic E-state index is 12.5. The van der Waals surface area contributed by atoms with Gasteiger partial charge in [0.2, 0.25) is 0 Å². The zero-order valence-electron chi connectivity index (χ0n) is 16.2. The van der Waals surface area contributed by atoms with E-state index in [0.29, 0.717) is 24.2 Å². The zero-order chi connectivity index (χ0) is 19.9. The molecule has 1 aliphatic rings. The quantitative estimate of drug-likeness (QED) is 0.527. The lowest BCUT2D eigenvalue weighted by atomic mass is 9.99. The average molecular weight is 446 g/mol. The van der Waals surface area contributed by atoms with Crippen molar-refractivity contribution in [2.75, 3.05) is 13.6 Å². The SMILES string of the molecule is CN(CCCCCC1CC(c2ccccc2)NN1)C(=O)c1ccc(Br)cc1O. The minimum absolute atomic E-state index is 0.0130. The van der Waals surface area contributed by atoms with Gasteiger partial charge in [0.05, 0.1) is 5.56 Å². The predicted octanol–water partition coefficient (Wildman–Crippen LogP) is 4.39. The molecule has 150 valence electrons. The number of halogens is 1. The van der Waals surface area contributed by atoms with Gasteiger partial charge in [-0.15, -0.1) is 0 Å². The number of carbonyl (C=O) groups is 1. The Morgan fingerprint density at radius 1 is 1.14 bits per heavy atom. The summed E-state index contributed by atoms with van der Waals surface area (Å²) in [7, 11) is 1.79. The smallest absolute Gasteiger partial charge is 0.257 e. The lowest BCUT2D eigenvalue weighted by Gasteiger charge is -2.18. The van der Waals surface area contributed by atoms with Crippen molar-refractivity contribution in [3.8, 4) is 5.75 Å². The lowest BCUT2D eigenvalue weighted by molar-refractivity contribution is 0.0789. The van der Waals surface area contributed by atoms with Crippen LogP contribution in [-0.4, -0.2) is 35.5 Å². The van der Waals surface area contributed by atoms with E-state index in [1.165, 1.54) is 5.56 Å². The fraction of sp³-hybridized carbons (Fsp3) is 0.409. The van der Waals surface area contributed by atoms with Gasteiger partial charge in [0.15, 0.2) is 0 Å². The Kier molecular flexibility index (Phi) is 7.48. The van der Waals surface area contributed by atoms with Crippen LogP contribution >= 0.6 is 15.9 Å². The monoisotopic (exact) mass is 445 g/mol. The molecule has 2 unspecified atom stereocenters. The molecule has 1 fully saturated rings. The number of unbranched alkanes of at least 4 members (excludes halogenated alkanes) is 2. The average Bonchev–Trinajstić information content (AvgIpc) is 3.17. The molecule has 0 aliphatic carbocycles. The Bertz CT molecular complexity index is 785.